The first-order chi connectivity index (χ1) is 12.1. The van der Waals surface area contributed by atoms with Gasteiger partial charge in [-0.2, -0.15) is 13.2 Å². The van der Waals surface area contributed by atoms with Gasteiger partial charge in [0.25, 0.3) is 0 Å². The molecule has 1 aromatic carbocycles. The van der Waals surface area contributed by atoms with Gasteiger partial charge in [-0.3, -0.25) is 4.79 Å². The number of carbonyl (C=O) groups is 1. The number of halogens is 5. The van der Waals surface area contributed by atoms with Crippen molar-refractivity contribution in [2.45, 2.75) is 18.2 Å². The first kappa shape index (κ1) is 19.1. The molecule has 0 saturated carbocycles. The predicted molar refractivity (Wildman–Crippen MR) is 95.0 cm³/mol. The van der Waals surface area contributed by atoms with Crippen LogP contribution in [-0.2, 0) is 5.60 Å². The van der Waals surface area contributed by atoms with Crippen molar-refractivity contribution >= 4 is 50.5 Å². The summed E-state index contributed by atoms with van der Waals surface area (Å²) >= 11 is 12.5. The molecular weight excluding hydrogens is 410 g/mol. The molecule has 9 heteroatoms. The number of alkyl halides is 3. The van der Waals surface area contributed by atoms with Crippen molar-refractivity contribution in [2.24, 2.45) is 0 Å². The molecule has 1 atom stereocenters. The summed E-state index contributed by atoms with van der Waals surface area (Å²) in [5, 5.41) is 10.9. The van der Waals surface area contributed by atoms with Gasteiger partial charge >= 0.3 is 6.18 Å². The van der Waals surface area contributed by atoms with Gasteiger partial charge in [-0.15, -0.1) is 11.3 Å². The molecule has 2 aromatic heterocycles. The van der Waals surface area contributed by atoms with E-state index in [1.165, 1.54) is 18.3 Å². The number of nitrogens with zero attached hydrogens (tertiary/aromatic N) is 1. The quantitative estimate of drug-likeness (QED) is 0.557. The van der Waals surface area contributed by atoms with Crippen molar-refractivity contribution < 1.29 is 23.1 Å². The zero-order valence-electron chi connectivity index (χ0n) is 12.8. The molecule has 0 fully saturated rings. The summed E-state index contributed by atoms with van der Waals surface area (Å²) in [5.74, 6) is -0.857. The van der Waals surface area contributed by atoms with Crippen LogP contribution in [0.15, 0.2) is 42.6 Å². The Morgan fingerprint density at radius 2 is 1.81 bits per heavy atom. The molecule has 0 spiro atoms. The zero-order chi connectivity index (χ0) is 19.1. The van der Waals surface area contributed by atoms with Gasteiger partial charge in [0, 0.05) is 21.6 Å². The average Bonchev–Trinajstić information content (AvgIpc) is 2.97. The lowest BCUT2D eigenvalue weighted by Gasteiger charge is -2.30. The molecule has 3 aromatic rings. The zero-order valence-corrected chi connectivity index (χ0v) is 15.2. The first-order valence-electron chi connectivity index (χ1n) is 7.23. The number of Topliss-reactive ketones (excluding diaryl/α,β-unsaturated/α-hetero) is 1. The van der Waals surface area contributed by atoms with Gasteiger partial charge in [0.2, 0.25) is 0 Å². The molecule has 0 bridgehead atoms. The topological polar surface area (TPSA) is 50.2 Å². The summed E-state index contributed by atoms with van der Waals surface area (Å²) in [6, 6.07) is 7.94. The van der Waals surface area contributed by atoms with E-state index in [1.807, 2.05) is 0 Å². The van der Waals surface area contributed by atoms with E-state index in [0.29, 0.717) is 10.2 Å². The van der Waals surface area contributed by atoms with Crippen molar-refractivity contribution in [3.63, 3.8) is 0 Å². The summed E-state index contributed by atoms with van der Waals surface area (Å²) in [5.41, 5.74) is -4.00. The molecule has 3 nitrogen and oxygen atoms in total. The highest BCUT2D eigenvalue weighted by Gasteiger charge is 2.56. The molecule has 0 amide bonds. The molecular formula is C17H10Cl2F3NO2S. The van der Waals surface area contributed by atoms with E-state index in [1.54, 1.807) is 12.1 Å². The Kier molecular flexibility index (Phi) is 5.00. The van der Waals surface area contributed by atoms with Gasteiger partial charge in [-0.25, -0.2) is 4.98 Å². The number of rotatable bonds is 4. The molecule has 26 heavy (non-hydrogen) atoms. The van der Waals surface area contributed by atoms with Crippen LogP contribution < -0.4 is 0 Å². The molecule has 0 saturated heterocycles. The SMILES string of the molecule is O=C(CC(O)(c1cc(Cl)cc(Cl)c1)C(F)(F)F)c1cc2cccnc2s1. The van der Waals surface area contributed by atoms with E-state index in [4.69, 9.17) is 23.2 Å². The number of thiophene rings is 1. The van der Waals surface area contributed by atoms with Crippen LogP contribution in [0.1, 0.15) is 21.7 Å². The fourth-order valence-electron chi connectivity index (χ4n) is 2.49. The summed E-state index contributed by atoms with van der Waals surface area (Å²) in [4.78, 5) is 17.1. The fraction of sp³-hybridized carbons (Fsp3) is 0.176. The fourth-order valence-corrected chi connectivity index (χ4v) is 3.95. The maximum Gasteiger partial charge on any atom is 0.421 e. The molecule has 3 rings (SSSR count). The minimum Gasteiger partial charge on any atom is -0.376 e. The normalized spacial score (nSPS) is 14.4. The molecule has 2 heterocycles. The number of fused-ring (bicyclic) bond motifs is 1. The van der Waals surface area contributed by atoms with Crippen LogP contribution in [0.3, 0.4) is 0 Å². The lowest BCUT2D eigenvalue weighted by atomic mass is 9.87. The van der Waals surface area contributed by atoms with E-state index in [2.05, 4.69) is 4.98 Å². The molecule has 1 unspecified atom stereocenters. The number of pyridine rings is 1. The lowest BCUT2D eigenvalue weighted by Crippen LogP contribution is -2.44. The van der Waals surface area contributed by atoms with Crippen molar-refractivity contribution in [1.82, 2.24) is 4.98 Å². The van der Waals surface area contributed by atoms with Gasteiger partial charge < -0.3 is 5.11 Å². The number of hydrogen-bond acceptors (Lipinski definition) is 4. The maximum atomic E-state index is 13.6. The molecule has 0 aliphatic heterocycles. The number of ketones is 1. The highest BCUT2D eigenvalue weighted by atomic mass is 35.5. The van der Waals surface area contributed by atoms with Crippen LogP contribution in [0, 0.1) is 0 Å². The van der Waals surface area contributed by atoms with E-state index < -0.39 is 29.5 Å². The number of hydrogen-bond donors (Lipinski definition) is 1. The third kappa shape index (κ3) is 3.57. The Morgan fingerprint density at radius 1 is 1.15 bits per heavy atom. The van der Waals surface area contributed by atoms with E-state index in [9.17, 15) is 23.1 Å². The third-order valence-corrected chi connectivity index (χ3v) is 5.33. The minimum absolute atomic E-state index is 0.0753. The van der Waals surface area contributed by atoms with Crippen molar-refractivity contribution in [3.05, 3.63) is 63.1 Å². The Labute approximate surface area is 160 Å². The van der Waals surface area contributed by atoms with Crippen molar-refractivity contribution in [3.8, 4) is 0 Å². The largest absolute Gasteiger partial charge is 0.421 e. The van der Waals surface area contributed by atoms with Gasteiger partial charge in [-0.05, 0) is 35.9 Å². The minimum atomic E-state index is -5.11. The smallest absolute Gasteiger partial charge is 0.376 e. The lowest BCUT2D eigenvalue weighted by molar-refractivity contribution is -0.264. The van der Waals surface area contributed by atoms with E-state index >= 15 is 0 Å². The van der Waals surface area contributed by atoms with Gasteiger partial charge in [0.1, 0.15) is 4.83 Å². The van der Waals surface area contributed by atoms with Crippen LogP contribution in [0.2, 0.25) is 10.0 Å². The second-order valence-corrected chi connectivity index (χ2v) is 7.53. The predicted octanol–water partition coefficient (Wildman–Crippen LogP) is 5.63. The molecule has 1 N–H and O–H groups in total. The number of aliphatic hydroxyl groups is 1. The van der Waals surface area contributed by atoms with Crippen LogP contribution in [-0.4, -0.2) is 22.1 Å². The van der Waals surface area contributed by atoms with Gasteiger partial charge in [0.05, 0.1) is 11.3 Å². The Bertz CT molecular complexity index is 936. The number of benzene rings is 1. The average molecular weight is 420 g/mol. The summed E-state index contributed by atoms with van der Waals surface area (Å²) in [6.07, 6.45) is -4.78. The highest BCUT2D eigenvalue weighted by Crippen LogP contribution is 2.44. The van der Waals surface area contributed by atoms with Crippen LogP contribution >= 0.6 is 34.5 Å². The number of carbonyl (C=O) groups excluding carboxylic acids is 1. The second kappa shape index (κ2) is 6.81. The molecule has 0 radical (unpaired) electrons. The Morgan fingerprint density at radius 3 is 2.38 bits per heavy atom. The summed E-state index contributed by atoms with van der Waals surface area (Å²) < 4.78 is 40.9. The van der Waals surface area contributed by atoms with E-state index in [0.717, 1.165) is 23.5 Å². The molecule has 0 aliphatic carbocycles. The summed E-state index contributed by atoms with van der Waals surface area (Å²) in [6.45, 7) is 0. The standard InChI is InChI=1S/C17H10Cl2F3NO2S/c18-11-5-10(6-12(19)7-11)16(25,17(20,21)22)8-13(24)14-4-9-2-1-3-23-15(9)26-14/h1-7,25H,8H2. The van der Waals surface area contributed by atoms with Gasteiger partial charge in [0.15, 0.2) is 11.4 Å². The van der Waals surface area contributed by atoms with Crippen LogP contribution in [0.5, 0.6) is 0 Å². The summed E-state index contributed by atoms with van der Waals surface area (Å²) in [7, 11) is 0. The molecule has 136 valence electrons. The Balaban J connectivity index is 2.02. The van der Waals surface area contributed by atoms with Gasteiger partial charge in [-0.1, -0.05) is 29.3 Å². The van der Waals surface area contributed by atoms with Crippen LogP contribution in [0.4, 0.5) is 13.2 Å². The van der Waals surface area contributed by atoms with Crippen molar-refractivity contribution in [1.29, 1.82) is 0 Å². The van der Waals surface area contributed by atoms with Crippen LogP contribution in [0.25, 0.3) is 10.2 Å². The third-order valence-electron chi connectivity index (χ3n) is 3.79. The highest BCUT2D eigenvalue weighted by molar-refractivity contribution is 7.20. The van der Waals surface area contributed by atoms with E-state index in [-0.39, 0.29) is 14.9 Å². The second-order valence-electron chi connectivity index (χ2n) is 5.62. The maximum absolute atomic E-state index is 13.6. The molecule has 0 aliphatic rings. The monoisotopic (exact) mass is 419 g/mol. The Hall–Kier alpha value is -1.67. The number of aromatic nitrogens is 1. The van der Waals surface area contributed by atoms with Crippen molar-refractivity contribution in [2.75, 3.05) is 0 Å². The first-order valence-corrected chi connectivity index (χ1v) is 8.81.